The van der Waals surface area contributed by atoms with E-state index < -0.39 is 19.9 Å². The summed E-state index contributed by atoms with van der Waals surface area (Å²) in [5, 5.41) is 22.5. The van der Waals surface area contributed by atoms with Crippen molar-refractivity contribution in [2.75, 3.05) is 26.2 Å². The molecule has 1 fully saturated rings. The number of fused-ring (bicyclic) bond motifs is 1. The predicted molar refractivity (Wildman–Crippen MR) is 117 cm³/mol. The molecule has 1 aliphatic heterocycles. The Morgan fingerprint density at radius 3 is 2.24 bits per heavy atom. The van der Waals surface area contributed by atoms with Crippen molar-refractivity contribution < 1.29 is 23.1 Å². The van der Waals surface area contributed by atoms with Gasteiger partial charge in [0.25, 0.3) is 11.4 Å². The molecule has 0 spiro atoms. The van der Waals surface area contributed by atoms with E-state index in [4.69, 9.17) is 0 Å². The number of non-ortho nitro benzene ring substituents is 2. The van der Waals surface area contributed by atoms with E-state index in [0.717, 1.165) is 6.07 Å². The van der Waals surface area contributed by atoms with Crippen molar-refractivity contribution in [1.82, 2.24) is 13.8 Å². The molecule has 2 aromatic carbocycles. The summed E-state index contributed by atoms with van der Waals surface area (Å²) in [4.78, 5) is 34.9. The second-order valence-corrected chi connectivity index (χ2v) is 9.42. The lowest BCUT2D eigenvalue weighted by Gasteiger charge is -2.34. The zero-order valence-electron chi connectivity index (χ0n) is 17.2. The molecule has 0 atom stereocenters. The average Bonchev–Trinajstić information content (AvgIpc) is 3.21. The van der Waals surface area contributed by atoms with Crippen LogP contribution in [0, 0.1) is 20.2 Å². The van der Waals surface area contributed by atoms with Gasteiger partial charge in [-0.25, -0.2) is 8.42 Å². The molecule has 3 aromatic rings. The lowest BCUT2D eigenvalue weighted by atomic mass is 10.2. The lowest BCUT2D eigenvalue weighted by Crippen LogP contribution is -2.51. The maximum absolute atomic E-state index is 12.9. The summed E-state index contributed by atoms with van der Waals surface area (Å²) < 4.78 is 28.6. The van der Waals surface area contributed by atoms with Gasteiger partial charge in [0.1, 0.15) is 6.54 Å². The molecule has 13 heteroatoms. The van der Waals surface area contributed by atoms with E-state index in [1.165, 1.54) is 34.6 Å². The predicted octanol–water partition coefficient (Wildman–Crippen LogP) is 1.99. The molecule has 2 heterocycles. The summed E-state index contributed by atoms with van der Waals surface area (Å²) in [7, 11) is -3.93. The number of piperazine rings is 1. The number of rotatable bonds is 6. The number of sulfonamides is 1. The average molecular weight is 473 g/mol. The van der Waals surface area contributed by atoms with Crippen molar-refractivity contribution in [3.8, 4) is 0 Å². The van der Waals surface area contributed by atoms with E-state index >= 15 is 0 Å². The van der Waals surface area contributed by atoms with Gasteiger partial charge >= 0.3 is 0 Å². The summed E-state index contributed by atoms with van der Waals surface area (Å²) in [6.07, 6.45) is 1.68. The first-order chi connectivity index (χ1) is 15.7. The molecule has 1 amide bonds. The molecule has 1 aromatic heterocycles. The smallest absolute Gasteiger partial charge is 0.270 e. The van der Waals surface area contributed by atoms with Gasteiger partial charge in [-0.1, -0.05) is 6.07 Å². The number of hydrogen-bond donors (Lipinski definition) is 0. The van der Waals surface area contributed by atoms with E-state index in [1.807, 2.05) is 0 Å². The van der Waals surface area contributed by atoms with Gasteiger partial charge in [0, 0.05) is 67.5 Å². The van der Waals surface area contributed by atoms with Crippen LogP contribution in [0.4, 0.5) is 11.4 Å². The van der Waals surface area contributed by atoms with Gasteiger partial charge in [-0.05, 0) is 18.2 Å². The molecule has 1 saturated heterocycles. The molecule has 0 bridgehead atoms. The highest BCUT2D eigenvalue weighted by Crippen LogP contribution is 2.24. The molecule has 33 heavy (non-hydrogen) atoms. The number of hydrogen-bond acceptors (Lipinski definition) is 7. The van der Waals surface area contributed by atoms with Crippen LogP contribution < -0.4 is 0 Å². The summed E-state index contributed by atoms with van der Waals surface area (Å²) in [6, 6.07) is 11.0. The van der Waals surface area contributed by atoms with E-state index in [2.05, 4.69) is 0 Å². The Labute approximate surface area is 188 Å². The van der Waals surface area contributed by atoms with Crippen LogP contribution in [0.5, 0.6) is 0 Å². The van der Waals surface area contributed by atoms with Crippen LogP contribution >= 0.6 is 0 Å². The van der Waals surface area contributed by atoms with Crippen LogP contribution in [0.15, 0.2) is 59.6 Å². The Morgan fingerprint density at radius 2 is 1.58 bits per heavy atom. The number of nitro benzene ring substituents is 2. The Hall–Kier alpha value is -3.84. The fourth-order valence-electron chi connectivity index (χ4n) is 3.77. The van der Waals surface area contributed by atoms with Crippen molar-refractivity contribution in [2.45, 2.75) is 11.4 Å². The third-order valence-corrected chi connectivity index (χ3v) is 7.42. The molecular formula is C20H19N5O7S. The number of nitrogens with zero attached hydrogens (tertiary/aromatic N) is 5. The van der Waals surface area contributed by atoms with E-state index in [9.17, 15) is 33.4 Å². The highest BCUT2D eigenvalue weighted by molar-refractivity contribution is 7.89. The zero-order chi connectivity index (χ0) is 23.8. The Morgan fingerprint density at radius 1 is 0.909 bits per heavy atom. The standard InChI is InChI=1S/C20H19N5O7S/c26-20(14-22-7-6-15-12-17(25(29)30)4-5-19(15)22)21-8-10-23(11-9-21)33(31,32)18-3-1-2-16(13-18)24(27)28/h1-7,12-13H,8-11,14H2. The molecule has 0 saturated carbocycles. The van der Waals surface area contributed by atoms with Gasteiger partial charge < -0.3 is 9.47 Å². The van der Waals surface area contributed by atoms with Crippen molar-refractivity contribution in [3.05, 3.63) is 75.0 Å². The lowest BCUT2D eigenvalue weighted by molar-refractivity contribution is -0.385. The maximum Gasteiger partial charge on any atom is 0.270 e. The minimum absolute atomic E-state index is 0.0128. The number of amides is 1. The molecule has 172 valence electrons. The fourth-order valence-corrected chi connectivity index (χ4v) is 5.23. The van der Waals surface area contributed by atoms with Crippen molar-refractivity contribution in [2.24, 2.45) is 0 Å². The van der Waals surface area contributed by atoms with Crippen molar-refractivity contribution >= 4 is 38.2 Å². The minimum Gasteiger partial charge on any atom is -0.339 e. The van der Waals surface area contributed by atoms with Crippen LogP contribution in [0.25, 0.3) is 10.9 Å². The summed E-state index contributed by atoms with van der Waals surface area (Å²) >= 11 is 0. The van der Waals surface area contributed by atoms with Gasteiger partial charge in [-0.3, -0.25) is 25.0 Å². The quantitative estimate of drug-likeness (QED) is 0.392. The van der Waals surface area contributed by atoms with Gasteiger partial charge in [0.05, 0.1) is 14.7 Å². The van der Waals surface area contributed by atoms with Gasteiger partial charge in [0.15, 0.2) is 0 Å². The maximum atomic E-state index is 12.9. The second kappa shape index (κ2) is 8.60. The van der Waals surface area contributed by atoms with Crippen LogP contribution in [-0.4, -0.2) is 64.1 Å². The topological polar surface area (TPSA) is 149 Å². The molecular weight excluding hydrogens is 454 g/mol. The van der Waals surface area contributed by atoms with Crippen LogP contribution in [0.2, 0.25) is 0 Å². The minimum atomic E-state index is -3.93. The number of aromatic nitrogens is 1. The van der Waals surface area contributed by atoms with Crippen LogP contribution in [-0.2, 0) is 21.4 Å². The fraction of sp³-hybridized carbons (Fsp3) is 0.250. The molecule has 0 N–H and O–H groups in total. The molecule has 4 rings (SSSR count). The SMILES string of the molecule is O=C(Cn1ccc2cc([N+](=O)[O-])ccc21)N1CCN(S(=O)(=O)c2cccc([N+](=O)[O-])c2)CC1. The van der Waals surface area contributed by atoms with Crippen molar-refractivity contribution in [3.63, 3.8) is 0 Å². The largest absolute Gasteiger partial charge is 0.339 e. The molecule has 0 radical (unpaired) electrons. The van der Waals surface area contributed by atoms with Gasteiger partial charge in [-0.2, -0.15) is 4.31 Å². The Kier molecular flexibility index (Phi) is 5.82. The number of benzene rings is 2. The first-order valence-corrected chi connectivity index (χ1v) is 11.4. The van der Waals surface area contributed by atoms with E-state index in [0.29, 0.717) is 10.9 Å². The van der Waals surface area contributed by atoms with Crippen LogP contribution in [0.3, 0.4) is 0 Å². The third-order valence-electron chi connectivity index (χ3n) is 5.53. The number of carbonyl (C=O) groups is 1. The highest BCUT2D eigenvalue weighted by Gasteiger charge is 2.31. The van der Waals surface area contributed by atoms with Gasteiger partial charge in [0.2, 0.25) is 15.9 Å². The zero-order valence-corrected chi connectivity index (χ0v) is 18.1. The monoisotopic (exact) mass is 473 g/mol. The van der Waals surface area contributed by atoms with E-state index in [1.54, 1.807) is 27.8 Å². The summed E-state index contributed by atoms with van der Waals surface area (Å²) in [5.41, 5.74) is 0.336. The summed E-state index contributed by atoms with van der Waals surface area (Å²) in [6.45, 7) is 0.499. The molecule has 1 aliphatic rings. The highest BCUT2D eigenvalue weighted by atomic mass is 32.2. The Bertz CT molecular complexity index is 1360. The second-order valence-electron chi connectivity index (χ2n) is 7.48. The third kappa shape index (κ3) is 4.40. The molecule has 12 nitrogen and oxygen atoms in total. The number of nitro groups is 2. The summed E-state index contributed by atoms with van der Waals surface area (Å²) in [5.74, 6) is -0.210. The normalized spacial score (nSPS) is 15.0. The Balaban J connectivity index is 1.42. The number of carbonyl (C=O) groups excluding carboxylic acids is 1. The molecule has 0 aliphatic carbocycles. The van der Waals surface area contributed by atoms with E-state index in [-0.39, 0.29) is 54.9 Å². The first kappa shape index (κ1) is 22.4. The first-order valence-electron chi connectivity index (χ1n) is 9.92. The molecule has 0 unspecified atom stereocenters. The van der Waals surface area contributed by atoms with Crippen molar-refractivity contribution in [1.29, 1.82) is 0 Å². The van der Waals surface area contributed by atoms with Gasteiger partial charge in [-0.15, -0.1) is 0 Å². The van der Waals surface area contributed by atoms with Crippen LogP contribution in [0.1, 0.15) is 0 Å².